The van der Waals surface area contributed by atoms with Crippen LogP contribution < -0.4 is 10.6 Å². The van der Waals surface area contributed by atoms with Crippen LogP contribution in [0.25, 0.3) is 0 Å². The van der Waals surface area contributed by atoms with E-state index in [9.17, 15) is 9.59 Å². The monoisotopic (exact) mass is 354 g/mol. The number of nitrogens with one attached hydrogen (secondary N) is 2. The topological polar surface area (TPSA) is 97.1 Å². The molecule has 0 spiro atoms. The lowest BCUT2D eigenvalue weighted by Gasteiger charge is -2.12. The first kappa shape index (κ1) is 17.8. The second-order valence-corrected chi connectivity index (χ2v) is 6.32. The smallest absolute Gasteiger partial charge is 0.269 e. The summed E-state index contributed by atoms with van der Waals surface area (Å²) in [6.45, 7) is 2.31. The molecule has 1 aliphatic rings. The Labute approximate surface area is 151 Å². The van der Waals surface area contributed by atoms with Crippen LogP contribution in [-0.4, -0.2) is 28.5 Å². The van der Waals surface area contributed by atoms with E-state index in [0.717, 1.165) is 19.3 Å². The van der Waals surface area contributed by atoms with Crippen molar-refractivity contribution in [2.24, 2.45) is 0 Å². The molecule has 2 N–H and O–H groups in total. The summed E-state index contributed by atoms with van der Waals surface area (Å²) in [5.41, 5.74) is 1.95. The molecule has 0 saturated heterocycles. The predicted octanol–water partition coefficient (Wildman–Crippen LogP) is 3.25. The molecule has 0 bridgehead atoms. The highest BCUT2D eigenvalue weighted by Crippen LogP contribution is 2.19. The van der Waals surface area contributed by atoms with E-state index in [1.54, 1.807) is 19.1 Å². The summed E-state index contributed by atoms with van der Waals surface area (Å²) in [6, 6.07) is 4.63. The van der Waals surface area contributed by atoms with Crippen LogP contribution in [0.1, 0.15) is 58.7 Å². The number of pyridine rings is 1. The van der Waals surface area contributed by atoms with Gasteiger partial charge in [-0.05, 0) is 51.2 Å². The van der Waals surface area contributed by atoms with Gasteiger partial charge in [0.2, 0.25) is 0 Å². The van der Waals surface area contributed by atoms with Crippen LogP contribution in [-0.2, 0) is 0 Å². The third-order valence-electron chi connectivity index (χ3n) is 4.24. The van der Waals surface area contributed by atoms with Crippen molar-refractivity contribution in [3.63, 3.8) is 0 Å². The molecule has 0 saturated carbocycles. The van der Waals surface area contributed by atoms with E-state index in [1.807, 2.05) is 0 Å². The van der Waals surface area contributed by atoms with Crippen molar-refractivity contribution < 1.29 is 14.1 Å². The average Bonchev–Trinajstić information content (AvgIpc) is 3.07. The first-order valence-electron chi connectivity index (χ1n) is 8.78. The number of aryl methyl sites for hydroxylation is 1. The zero-order chi connectivity index (χ0) is 18.4. The van der Waals surface area contributed by atoms with Gasteiger partial charge in [-0.1, -0.05) is 16.8 Å². The molecular formula is C19H22N4O3. The predicted molar refractivity (Wildman–Crippen MR) is 96.9 cm³/mol. The van der Waals surface area contributed by atoms with Gasteiger partial charge in [0.25, 0.3) is 11.8 Å². The normalized spacial score (nSPS) is 13.8. The molecule has 26 heavy (non-hydrogen) atoms. The molecule has 2 amide bonds. The van der Waals surface area contributed by atoms with Crippen molar-refractivity contribution in [3.05, 3.63) is 53.1 Å². The summed E-state index contributed by atoms with van der Waals surface area (Å²) in [7, 11) is 0. The molecule has 7 nitrogen and oxygen atoms in total. The third kappa shape index (κ3) is 4.78. The average molecular weight is 354 g/mol. The first-order chi connectivity index (χ1) is 12.6. The SMILES string of the molecule is Cc1cc(NC(=O)c2ccnc(C(=O)NCCC3=CCCCC3)c2)no1. The number of carbonyl (C=O) groups excluding carboxylic acids is 2. The molecular weight excluding hydrogens is 332 g/mol. The van der Waals surface area contributed by atoms with Crippen LogP contribution in [0, 0.1) is 6.92 Å². The van der Waals surface area contributed by atoms with Crippen LogP contribution in [0.4, 0.5) is 5.82 Å². The summed E-state index contributed by atoms with van der Waals surface area (Å²) in [6.07, 6.45) is 9.30. The highest BCUT2D eigenvalue weighted by molar-refractivity contribution is 6.05. The van der Waals surface area contributed by atoms with Gasteiger partial charge in [0.15, 0.2) is 5.82 Å². The molecule has 136 valence electrons. The van der Waals surface area contributed by atoms with Gasteiger partial charge in [-0.25, -0.2) is 0 Å². The van der Waals surface area contributed by atoms with Crippen LogP contribution in [0.5, 0.6) is 0 Å². The zero-order valence-electron chi connectivity index (χ0n) is 14.7. The van der Waals surface area contributed by atoms with Crippen molar-refractivity contribution in [2.75, 3.05) is 11.9 Å². The molecule has 0 aliphatic heterocycles. The maximum atomic E-state index is 12.3. The van der Waals surface area contributed by atoms with Gasteiger partial charge >= 0.3 is 0 Å². The second kappa shape index (κ2) is 8.42. The molecule has 3 rings (SSSR count). The van der Waals surface area contributed by atoms with Crippen molar-refractivity contribution >= 4 is 17.6 Å². The Morgan fingerprint density at radius 2 is 2.12 bits per heavy atom. The number of allylic oxidation sites excluding steroid dienone is 1. The van der Waals surface area contributed by atoms with E-state index in [-0.39, 0.29) is 17.5 Å². The Kier molecular flexibility index (Phi) is 5.78. The van der Waals surface area contributed by atoms with Gasteiger partial charge in [0.05, 0.1) is 0 Å². The molecule has 0 aromatic carbocycles. The third-order valence-corrected chi connectivity index (χ3v) is 4.24. The number of hydrogen-bond acceptors (Lipinski definition) is 5. The number of rotatable bonds is 6. The summed E-state index contributed by atoms with van der Waals surface area (Å²) in [5.74, 6) is 0.273. The highest BCUT2D eigenvalue weighted by Gasteiger charge is 2.13. The number of amides is 2. The first-order valence-corrected chi connectivity index (χ1v) is 8.78. The van der Waals surface area contributed by atoms with Gasteiger partial charge in [0, 0.05) is 24.4 Å². The van der Waals surface area contributed by atoms with E-state index >= 15 is 0 Å². The number of anilines is 1. The fourth-order valence-electron chi connectivity index (χ4n) is 2.87. The largest absolute Gasteiger partial charge is 0.360 e. The lowest BCUT2D eigenvalue weighted by atomic mass is 9.97. The Morgan fingerprint density at radius 1 is 1.23 bits per heavy atom. The van der Waals surface area contributed by atoms with E-state index in [2.05, 4.69) is 26.9 Å². The van der Waals surface area contributed by atoms with Gasteiger partial charge in [0.1, 0.15) is 11.5 Å². The van der Waals surface area contributed by atoms with Crippen molar-refractivity contribution in [3.8, 4) is 0 Å². The molecule has 1 aliphatic carbocycles. The molecule has 7 heteroatoms. The van der Waals surface area contributed by atoms with Crippen LogP contribution in [0.3, 0.4) is 0 Å². The fourth-order valence-corrected chi connectivity index (χ4v) is 2.87. The minimum atomic E-state index is -0.373. The molecule has 0 radical (unpaired) electrons. The molecule has 0 unspecified atom stereocenters. The lowest BCUT2D eigenvalue weighted by molar-refractivity contribution is 0.0949. The van der Waals surface area contributed by atoms with E-state index in [0.29, 0.717) is 23.7 Å². The van der Waals surface area contributed by atoms with Crippen LogP contribution in [0.15, 0.2) is 40.6 Å². The van der Waals surface area contributed by atoms with Crippen LogP contribution in [0.2, 0.25) is 0 Å². The van der Waals surface area contributed by atoms with Crippen molar-refractivity contribution in [1.82, 2.24) is 15.5 Å². The van der Waals surface area contributed by atoms with Gasteiger partial charge < -0.3 is 15.2 Å². The quantitative estimate of drug-likeness (QED) is 0.776. The Bertz CT molecular complexity index is 826. The van der Waals surface area contributed by atoms with Crippen molar-refractivity contribution in [2.45, 2.75) is 39.0 Å². The lowest BCUT2D eigenvalue weighted by Crippen LogP contribution is -2.26. The maximum Gasteiger partial charge on any atom is 0.269 e. The molecule has 2 aromatic rings. The highest BCUT2D eigenvalue weighted by atomic mass is 16.5. The summed E-state index contributed by atoms with van der Waals surface area (Å²) < 4.78 is 4.91. The second-order valence-electron chi connectivity index (χ2n) is 6.32. The number of carbonyl (C=O) groups is 2. The Balaban J connectivity index is 1.56. The molecule has 2 aromatic heterocycles. The van der Waals surface area contributed by atoms with E-state index in [1.165, 1.54) is 30.7 Å². The minimum Gasteiger partial charge on any atom is -0.360 e. The molecule has 0 fully saturated rings. The summed E-state index contributed by atoms with van der Waals surface area (Å²) in [5, 5.41) is 9.20. The minimum absolute atomic E-state index is 0.214. The zero-order valence-corrected chi connectivity index (χ0v) is 14.7. The Morgan fingerprint density at radius 3 is 2.85 bits per heavy atom. The number of nitrogens with zero attached hydrogens (tertiary/aromatic N) is 2. The van der Waals surface area contributed by atoms with Crippen LogP contribution >= 0.6 is 0 Å². The van der Waals surface area contributed by atoms with Gasteiger partial charge in [-0.3, -0.25) is 14.6 Å². The maximum absolute atomic E-state index is 12.3. The summed E-state index contributed by atoms with van der Waals surface area (Å²) >= 11 is 0. The number of aromatic nitrogens is 2. The van der Waals surface area contributed by atoms with E-state index < -0.39 is 0 Å². The van der Waals surface area contributed by atoms with E-state index in [4.69, 9.17) is 4.52 Å². The van der Waals surface area contributed by atoms with Gasteiger partial charge in [-0.15, -0.1) is 0 Å². The Hall–Kier alpha value is -2.96. The van der Waals surface area contributed by atoms with Gasteiger partial charge in [-0.2, -0.15) is 0 Å². The fraction of sp³-hybridized carbons (Fsp3) is 0.368. The number of hydrogen-bond donors (Lipinski definition) is 2. The summed E-state index contributed by atoms with van der Waals surface area (Å²) in [4.78, 5) is 28.6. The van der Waals surface area contributed by atoms with Crippen molar-refractivity contribution in [1.29, 1.82) is 0 Å². The standard InChI is InChI=1S/C19H22N4O3/c1-13-11-17(23-26-13)22-18(24)15-8-10-20-16(12-15)19(25)21-9-7-14-5-3-2-4-6-14/h5,8,10-12H,2-4,6-7,9H2,1H3,(H,21,25)(H,22,23,24). The molecule has 0 atom stereocenters. The molecule has 2 heterocycles.